The van der Waals surface area contributed by atoms with E-state index in [0.717, 1.165) is 28.4 Å². The fourth-order valence-electron chi connectivity index (χ4n) is 3.70. The first-order valence-corrected chi connectivity index (χ1v) is 9.02. The molecule has 0 aliphatic rings. The van der Waals surface area contributed by atoms with Gasteiger partial charge < -0.3 is 13.9 Å². The number of rotatable bonds is 5. The van der Waals surface area contributed by atoms with E-state index in [0.29, 0.717) is 22.3 Å². The number of hydrogen-bond acceptors (Lipinski definition) is 4. The molecule has 5 heteroatoms. The highest BCUT2D eigenvalue weighted by atomic mass is 16.5. The van der Waals surface area contributed by atoms with Crippen LogP contribution < -0.4 is 4.74 Å². The average molecular weight is 373 g/mol. The zero-order valence-corrected chi connectivity index (χ0v) is 15.6. The molecule has 0 spiro atoms. The van der Waals surface area contributed by atoms with Crippen molar-refractivity contribution in [3.63, 3.8) is 0 Å². The largest absolute Gasteiger partial charge is 0.496 e. The van der Waals surface area contributed by atoms with Crippen LogP contribution in [0.4, 0.5) is 0 Å². The average Bonchev–Trinajstić information content (AvgIpc) is 3.07. The predicted molar refractivity (Wildman–Crippen MR) is 108 cm³/mol. The fraction of sp³-hybridized carbons (Fsp3) is 0.130. The number of carbonyl (C=O) groups is 2. The van der Waals surface area contributed by atoms with E-state index in [1.807, 2.05) is 54.6 Å². The Morgan fingerprint density at radius 2 is 1.79 bits per heavy atom. The van der Waals surface area contributed by atoms with E-state index in [1.165, 1.54) is 0 Å². The van der Waals surface area contributed by atoms with Gasteiger partial charge in [-0.25, -0.2) is 4.79 Å². The maximum atomic E-state index is 12.9. The maximum Gasteiger partial charge on any atom is 0.340 e. The molecule has 0 atom stereocenters. The summed E-state index contributed by atoms with van der Waals surface area (Å²) in [6, 6.07) is 17.0. The van der Waals surface area contributed by atoms with Gasteiger partial charge in [-0.2, -0.15) is 0 Å². The predicted octanol–water partition coefficient (Wildman–Crippen LogP) is 4.76. The van der Waals surface area contributed by atoms with Crippen LogP contribution in [0, 0.1) is 0 Å². The van der Waals surface area contributed by atoms with Gasteiger partial charge in [0.25, 0.3) is 0 Å². The molecular formula is C23H19NO4. The molecule has 0 bridgehead atoms. The van der Waals surface area contributed by atoms with Gasteiger partial charge in [0.2, 0.25) is 0 Å². The molecule has 0 aliphatic carbocycles. The number of carbonyl (C=O) groups excluding carboxylic acids is 2. The van der Waals surface area contributed by atoms with Crippen molar-refractivity contribution >= 4 is 28.5 Å². The highest BCUT2D eigenvalue weighted by Crippen LogP contribution is 2.39. The van der Waals surface area contributed by atoms with Crippen LogP contribution in [0.15, 0.2) is 60.8 Å². The third-order valence-corrected chi connectivity index (χ3v) is 4.85. The summed E-state index contributed by atoms with van der Waals surface area (Å²) in [6.45, 7) is 2.02. The normalized spacial score (nSPS) is 10.9. The monoisotopic (exact) mass is 373 g/mol. The standard InChI is InChI=1S/C23H19NO4/c1-3-28-23(26)22-18-10-6-7-13-24(18)19(14-25)21(22)17-11-12-20(27-2)16-9-5-4-8-15(16)17/h4-14H,3H2,1-2H3. The molecule has 28 heavy (non-hydrogen) atoms. The van der Waals surface area contributed by atoms with Gasteiger partial charge in [0, 0.05) is 17.1 Å². The van der Waals surface area contributed by atoms with Crippen molar-refractivity contribution in [1.29, 1.82) is 0 Å². The van der Waals surface area contributed by atoms with Gasteiger partial charge in [-0.15, -0.1) is 0 Å². The first-order chi connectivity index (χ1) is 13.7. The molecule has 0 saturated heterocycles. The van der Waals surface area contributed by atoms with E-state index in [1.54, 1.807) is 24.6 Å². The van der Waals surface area contributed by atoms with Gasteiger partial charge in [0.05, 0.1) is 30.5 Å². The van der Waals surface area contributed by atoms with Crippen molar-refractivity contribution in [2.24, 2.45) is 0 Å². The second-order valence-corrected chi connectivity index (χ2v) is 6.29. The van der Waals surface area contributed by atoms with Crippen LogP contribution in [0.2, 0.25) is 0 Å². The van der Waals surface area contributed by atoms with Crippen molar-refractivity contribution in [2.75, 3.05) is 13.7 Å². The molecule has 5 nitrogen and oxygen atoms in total. The zero-order chi connectivity index (χ0) is 19.7. The van der Waals surface area contributed by atoms with E-state index in [2.05, 4.69) is 0 Å². The maximum absolute atomic E-state index is 12.9. The summed E-state index contributed by atoms with van der Waals surface area (Å²) in [4.78, 5) is 24.9. The van der Waals surface area contributed by atoms with Crippen molar-refractivity contribution in [2.45, 2.75) is 6.92 Å². The summed E-state index contributed by atoms with van der Waals surface area (Å²) in [5.74, 6) is 0.280. The molecule has 0 unspecified atom stereocenters. The number of ether oxygens (including phenoxy) is 2. The van der Waals surface area contributed by atoms with Crippen LogP contribution in [0.3, 0.4) is 0 Å². The lowest BCUT2D eigenvalue weighted by Crippen LogP contribution is -2.06. The Labute approximate surface area is 162 Å². The Bertz CT molecular complexity index is 1210. The molecule has 4 rings (SSSR count). The quantitative estimate of drug-likeness (QED) is 0.374. The first-order valence-electron chi connectivity index (χ1n) is 9.02. The van der Waals surface area contributed by atoms with E-state index >= 15 is 0 Å². The van der Waals surface area contributed by atoms with Crippen molar-refractivity contribution in [1.82, 2.24) is 4.40 Å². The van der Waals surface area contributed by atoms with Crippen LogP contribution in [-0.4, -0.2) is 30.4 Å². The van der Waals surface area contributed by atoms with Crippen molar-refractivity contribution < 1.29 is 19.1 Å². The molecule has 4 aromatic rings. The number of aldehydes is 1. The SMILES string of the molecule is CCOC(=O)c1c(-c2ccc(OC)c3ccccc23)c(C=O)n2ccccc12. The lowest BCUT2D eigenvalue weighted by Gasteiger charge is -2.12. The van der Waals surface area contributed by atoms with Crippen LogP contribution in [0.25, 0.3) is 27.4 Å². The number of nitrogens with zero attached hydrogens (tertiary/aromatic N) is 1. The summed E-state index contributed by atoms with van der Waals surface area (Å²) in [5.41, 5.74) is 2.79. The van der Waals surface area contributed by atoms with Gasteiger partial charge in [0.1, 0.15) is 5.75 Å². The molecule has 0 N–H and O–H groups in total. The Hall–Kier alpha value is -3.60. The second-order valence-electron chi connectivity index (χ2n) is 6.29. The minimum Gasteiger partial charge on any atom is -0.496 e. The number of hydrogen-bond donors (Lipinski definition) is 0. The Balaban J connectivity index is 2.15. The van der Waals surface area contributed by atoms with Crippen molar-refractivity contribution in [3.05, 3.63) is 72.1 Å². The molecule has 140 valence electrons. The lowest BCUT2D eigenvalue weighted by atomic mass is 9.94. The van der Waals surface area contributed by atoms with Gasteiger partial charge in [0.15, 0.2) is 6.29 Å². The molecule has 0 amide bonds. The van der Waals surface area contributed by atoms with E-state index < -0.39 is 5.97 Å². The van der Waals surface area contributed by atoms with Crippen LogP contribution in [-0.2, 0) is 4.74 Å². The summed E-state index contributed by atoms with van der Waals surface area (Å²) in [7, 11) is 1.62. The number of esters is 1. The fourth-order valence-corrected chi connectivity index (χ4v) is 3.70. The summed E-state index contributed by atoms with van der Waals surface area (Å²) < 4.78 is 12.5. The molecule has 0 aliphatic heterocycles. The number of aromatic nitrogens is 1. The summed E-state index contributed by atoms with van der Waals surface area (Å²) >= 11 is 0. The van der Waals surface area contributed by atoms with Gasteiger partial charge in [-0.1, -0.05) is 30.3 Å². The lowest BCUT2D eigenvalue weighted by molar-refractivity contribution is 0.0529. The molecule has 2 aromatic heterocycles. The summed E-state index contributed by atoms with van der Waals surface area (Å²) in [6.07, 6.45) is 2.56. The molecular weight excluding hydrogens is 354 g/mol. The third-order valence-electron chi connectivity index (χ3n) is 4.85. The topological polar surface area (TPSA) is 57.0 Å². The minimum atomic E-state index is -0.450. The van der Waals surface area contributed by atoms with Crippen LogP contribution in [0.1, 0.15) is 27.8 Å². The number of fused-ring (bicyclic) bond motifs is 2. The number of pyridine rings is 1. The first kappa shape index (κ1) is 17.8. The molecule has 0 saturated carbocycles. The minimum absolute atomic E-state index is 0.252. The zero-order valence-electron chi connectivity index (χ0n) is 15.6. The van der Waals surface area contributed by atoms with Crippen LogP contribution in [0.5, 0.6) is 5.75 Å². The van der Waals surface area contributed by atoms with Crippen molar-refractivity contribution in [3.8, 4) is 16.9 Å². The van der Waals surface area contributed by atoms with Gasteiger partial charge >= 0.3 is 5.97 Å². The smallest absolute Gasteiger partial charge is 0.340 e. The van der Waals surface area contributed by atoms with E-state index in [4.69, 9.17) is 9.47 Å². The molecule has 0 radical (unpaired) electrons. The van der Waals surface area contributed by atoms with E-state index in [-0.39, 0.29) is 6.61 Å². The summed E-state index contributed by atoms with van der Waals surface area (Å²) in [5, 5.41) is 1.80. The Morgan fingerprint density at radius 3 is 2.50 bits per heavy atom. The van der Waals surface area contributed by atoms with Gasteiger partial charge in [-0.05, 0) is 42.1 Å². The highest BCUT2D eigenvalue weighted by molar-refractivity contribution is 6.13. The Morgan fingerprint density at radius 1 is 1.04 bits per heavy atom. The number of benzene rings is 2. The van der Waals surface area contributed by atoms with Crippen LogP contribution >= 0.6 is 0 Å². The molecule has 2 aromatic carbocycles. The van der Waals surface area contributed by atoms with E-state index in [9.17, 15) is 9.59 Å². The number of methoxy groups -OCH3 is 1. The highest BCUT2D eigenvalue weighted by Gasteiger charge is 2.26. The molecule has 2 heterocycles. The van der Waals surface area contributed by atoms with Gasteiger partial charge in [-0.3, -0.25) is 4.79 Å². The third kappa shape index (κ3) is 2.63. The molecule has 0 fully saturated rings. The second kappa shape index (κ2) is 7.19. The Kier molecular flexibility index (Phi) is 4.57.